The Morgan fingerprint density at radius 2 is 2.09 bits per heavy atom. The van der Waals surface area contributed by atoms with Gasteiger partial charge >= 0.3 is 0 Å². The van der Waals surface area contributed by atoms with E-state index < -0.39 is 0 Å². The normalized spacial score (nSPS) is 10.5. The molecule has 0 unspecified atom stereocenters. The maximum absolute atomic E-state index is 12.2. The van der Waals surface area contributed by atoms with Crippen LogP contribution in [-0.4, -0.2) is 32.8 Å². The largest absolute Gasteiger partial charge is 0.495 e. The number of hydrogen-bond donors (Lipinski definition) is 1. The molecule has 8 heteroatoms. The van der Waals surface area contributed by atoms with Gasteiger partial charge in [0.05, 0.1) is 18.5 Å². The number of carbonyl (C=O) groups excluding carboxylic acids is 1. The van der Waals surface area contributed by atoms with Crippen LogP contribution >= 0.6 is 0 Å². The Labute approximate surface area is 125 Å². The lowest BCUT2D eigenvalue weighted by Crippen LogP contribution is -2.14. The summed E-state index contributed by atoms with van der Waals surface area (Å²) in [5.74, 6) is 0.614. The second-order valence-corrected chi connectivity index (χ2v) is 4.47. The van der Waals surface area contributed by atoms with E-state index in [1.165, 1.54) is 13.5 Å². The number of hydrogen-bond acceptors (Lipinski definition) is 6. The number of carbonyl (C=O) groups is 1. The molecule has 1 amide bonds. The molecule has 112 valence electrons. The van der Waals surface area contributed by atoms with Crippen LogP contribution < -0.4 is 10.1 Å². The molecule has 0 saturated heterocycles. The van der Waals surface area contributed by atoms with E-state index in [1.807, 2.05) is 6.07 Å². The average molecular weight is 299 g/mol. The first-order chi connectivity index (χ1) is 10.7. The van der Waals surface area contributed by atoms with Gasteiger partial charge in [0, 0.05) is 0 Å². The Bertz CT molecular complexity index is 795. The summed E-state index contributed by atoms with van der Waals surface area (Å²) in [6.45, 7) is 1.67. The molecule has 2 aromatic heterocycles. The summed E-state index contributed by atoms with van der Waals surface area (Å²) in [6, 6.07) is 5.34. The first-order valence-corrected chi connectivity index (χ1v) is 6.43. The van der Waals surface area contributed by atoms with E-state index in [1.54, 1.807) is 36.3 Å². The number of oxazole rings is 1. The molecule has 3 rings (SSSR count). The first-order valence-electron chi connectivity index (χ1n) is 6.43. The molecule has 0 aliphatic carbocycles. The van der Waals surface area contributed by atoms with Gasteiger partial charge in [0.1, 0.15) is 24.2 Å². The van der Waals surface area contributed by atoms with Crippen molar-refractivity contribution in [2.75, 3.05) is 12.4 Å². The van der Waals surface area contributed by atoms with E-state index >= 15 is 0 Å². The molecular weight excluding hydrogens is 286 g/mol. The number of aromatic nitrogens is 4. The van der Waals surface area contributed by atoms with Gasteiger partial charge in [0.2, 0.25) is 0 Å². The van der Waals surface area contributed by atoms with Crippen molar-refractivity contribution in [3.8, 4) is 11.4 Å². The third kappa shape index (κ3) is 2.53. The summed E-state index contributed by atoms with van der Waals surface area (Å²) < 4.78 is 12.0. The molecule has 0 radical (unpaired) electrons. The molecule has 1 N–H and O–H groups in total. The second kappa shape index (κ2) is 5.68. The number of nitrogens with zero attached hydrogens (tertiary/aromatic N) is 4. The minimum absolute atomic E-state index is 0.233. The molecule has 0 aliphatic rings. The van der Waals surface area contributed by atoms with Gasteiger partial charge < -0.3 is 14.5 Å². The van der Waals surface area contributed by atoms with E-state index in [0.717, 1.165) is 5.69 Å². The Morgan fingerprint density at radius 3 is 2.73 bits per heavy atom. The van der Waals surface area contributed by atoms with Crippen molar-refractivity contribution >= 4 is 11.6 Å². The van der Waals surface area contributed by atoms with E-state index in [2.05, 4.69) is 20.5 Å². The summed E-state index contributed by atoms with van der Waals surface area (Å²) in [4.78, 5) is 16.1. The van der Waals surface area contributed by atoms with Gasteiger partial charge in [0.25, 0.3) is 5.91 Å². The Hall–Kier alpha value is -3.16. The number of methoxy groups -OCH3 is 1. The van der Waals surface area contributed by atoms with Crippen LogP contribution in [0.25, 0.3) is 5.69 Å². The monoisotopic (exact) mass is 299 g/mol. The summed E-state index contributed by atoms with van der Waals surface area (Å²) >= 11 is 0. The average Bonchev–Trinajstić information content (AvgIpc) is 3.18. The SMILES string of the molecule is COc1ccc(-n2cnnc2)cc1NC(=O)c1ncoc1C. The summed E-state index contributed by atoms with van der Waals surface area (Å²) in [7, 11) is 1.53. The lowest BCUT2D eigenvalue weighted by Gasteiger charge is -2.11. The van der Waals surface area contributed by atoms with Gasteiger partial charge in [-0.05, 0) is 25.1 Å². The summed E-state index contributed by atoms with van der Waals surface area (Å²) in [5, 5.41) is 10.3. The van der Waals surface area contributed by atoms with Gasteiger partial charge in [-0.25, -0.2) is 4.98 Å². The number of nitrogens with one attached hydrogen (secondary N) is 1. The molecule has 1 aromatic carbocycles. The highest BCUT2D eigenvalue weighted by molar-refractivity contribution is 6.04. The highest BCUT2D eigenvalue weighted by atomic mass is 16.5. The predicted molar refractivity (Wildman–Crippen MR) is 77.1 cm³/mol. The number of ether oxygens (including phenoxy) is 1. The molecule has 2 heterocycles. The van der Waals surface area contributed by atoms with Crippen molar-refractivity contribution in [1.29, 1.82) is 0 Å². The van der Waals surface area contributed by atoms with Crippen molar-refractivity contribution in [1.82, 2.24) is 19.7 Å². The fourth-order valence-electron chi connectivity index (χ4n) is 1.99. The highest BCUT2D eigenvalue weighted by Crippen LogP contribution is 2.27. The topological polar surface area (TPSA) is 95.1 Å². The van der Waals surface area contributed by atoms with Gasteiger partial charge in [0.15, 0.2) is 12.1 Å². The van der Waals surface area contributed by atoms with Crippen molar-refractivity contribution in [2.24, 2.45) is 0 Å². The number of rotatable bonds is 4. The summed E-state index contributed by atoms with van der Waals surface area (Å²) in [6.07, 6.45) is 4.36. The van der Waals surface area contributed by atoms with E-state index in [9.17, 15) is 4.79 Å². The zero-order valence-electron chi connectivity index (χ0n) is 12.0. The van der Waals surface area contributed by atoms with Crippen molar-refractivity contribution in [3.05, 3.63) is 48.7 Å². The standard InChI is InChI=1S/C14H13N5O3/c1-9-13(15-8-22-9)14(20)18-11-5-10(3-4-12(11)21-2)19-6-16-17-7-19/h3-8H,1-2H3,(H,18,20). The Balaban J connectivity index is 1.93. The summed E-state index contributed by atoms with van der Waals surface area (Å²) in [5.41, 5.74) is 1.54. The molecule has 0 bridgehead atoms. The predicted octanol–water partition coefficient (Wildman–Crippen LogP) is 1.82. The third-order valence-electron chi connectivity index (χ3n) is 3.11. The molecule has 22 heavy (non-hydrogen) atoms. The third-order valence-corrected chi connectivity index (χ3v) is 3.11. The van der Waals surface area contributed by atoms with Crippen LogP contribution in [0.5, 0.6) is 5.75 Å². The van der Waals surface area contributed by atoms with Gasteiger partial charge in [-0.15, -0.1) is 10.2 Å². The van der Waals surface area contributed by atoms with Crippen LogP contribution in [0.15, 0.2) is 41.7 Å². The second-order valence-electron chi connectivity index (χ2n) is 4.47. The fraction of sp³-hybridized carbons (Fsp3) is 0.143. The van der Waals surface area contributed by atoms with E-state index in [-0.39, 0.29) is 11.6 Å². The number of amides is 1. The lowest BCUT2D eigenvalue weighted by atomic mass is 10.2. The minimum Gasteiger partial charge on any atom is -0.495 e. The van der Waals surface area contributed by atoms with Crippen molar-refractivity contribution in [2.45, 2.75) is 6.92 Å². The smallest absolute Gasteiger partial charge is 0.278 e. The van der Waals surface area contributed by atoms with Crippen LogP contribution in [0.2, 0.25) is 0 Å². The number of aryl methyl sites for hydroxylation is 1. The molecule has 0 fully saturated rings. The zero-order chi connectivity index (χ0) is 15.5. The first kappa shape index (κ1) is 13.8. The van der Waals surface area contributed by atoms with Crippen LogP contribution in [0.3, 0.4) is 0 Å². The Kier molecular flexibility index (Phi) is 3.57. The lowest BCUT2D eigenvalue weighted by molar-refractivity contribution is 0.102. The molecule has 0 atom stereocenters. The van der Waals surface area contributed by atoms with Gasteiger partial charge in [-0.3, -0.25) is 9.36 Å². The maximum Gasteiger partial charge on any atom is 0.278 e. The van der Waals surface area contributed by atoms with Crippen LogP contribution in [0.4, 0.5) is 5.69 Å². The van der Waals surface area contributed by atoms with Crippen molar-refractivity contribution in [3.63, 3.8) is 0 Å². The molecular formula is C14H13N5O3. The molecule has 0 saturated carbocycles. The highest BCUT2D eigenvalue weighted by Gasteiger charge is 2.16. The number of anilines is 1. The van der Waals surface area contributed by atoms with Gasteiger partial charge in [-0.1, -0.05) is 0 Å². The van der Waals surface area contributed by atoms with Crippen LogP contribution in [0, 0.1) is 6.92 Å². The number of benzene rings is 1. The van der Waals surface area contributed by atoms with Crippen LogP contribution in [-0.2, 0) is 0 Å². The van der Waals surface area contributed by atoms with Crippen LogP contribution in [0.1, 0.15) is 16.2 Å². The minimum atomic E-state index is -0.370. The Morgan fingerprint density at radius 1 is 1.32 bits per heavy atom. The molecule has 8 nitrogen and oxygen atoms in total. The molecule has 3 aromatic rings. The molecule has 0 aliphatic heterocycles. The van der Waals surface area contributed by atoms with Gasteiger partial charge in [-0.2, -0.15) is 0 Å². The quantitative estimate of drug-likeness (QED) is 0.789. The fourth-order valence-corrected chi connectivity index (χ4v) is 1.99. The van der Waals surface area contributed by atoms with E-state index in [4.69, 9.17) is 9.15 Å². The maximum atomic E-state index is 12.2. The zero-order valence-corrected chi connectivity index (χ0v) is 12.0. The molecule has 0 spiro atoms. The van der Waals surface area contributed by atoms with Crippen molar-refractivity contribution < 1.29 is 13.9 Å². The van der Waals surface area contributed by atoms with E-state index in [0.29, 0.717) is 17.2 Å².